The Bertz CT molecular complexity index is 727. The zero-order valence-corrected chi connectivity index (χ0v) is 13.9. The minimum absolute atomic E-state index is 0.171. The summed E-state index contributed by atoms with van der Waals surface area (Å²) in [7, 11) is 1.46. The standard InChI is InChI=1S/C19H22N2O3/c1-21-18(23)15-5-4-14(10-16(15)19(21)24)17(22)20-7-6-13-9-11-2-3-12(13)8-11/h4-5,10-13H,2-3,6-9H2,1H3,(H,20,22). The molecule has 1 heterocycles. The third-order valence-electron chi connectivity index (χ3n) is 6.04. The normalized spacial score (nSPS) is 27.7. The zero-order valence-electron chi connectivity index (χ0n) is 13.9. The number of carbonyl (C=O) groups is 3. The van der Waals surface area contributed by atoms with Crippen molar-refractivity contribution in [2.75, 3.05) is 13.6 Å². The maximum absolute atomic E-state index is 12.3. The molecule has 126 valence electrons. The van der Waals surface area contributed by atoms with E-state index in [1.807, 2.05) is 0 Å². The highest BCUT2D eigenvalue weighted by Gasteiger charge is 2.39. The molecule has 0 radical (unpaired) electrons. The second-order valence-electron chi connectivity index (χ2n) is 7.41. The lowest BCUT2D eigenvalue weighted by Gasteiger charge is -2.21. The summed E-state index contributed by atoms with van der Waals surface area (Å²) < 4.78 is 0. The monoisotopic (exact) mass is 326 g/mol. The van der Waals surface area contributed by atoms with Gasteiger partial charge < -0.3 is 5.32 Å². The van der Waals surface area contributed by atoms with Gasteiger partial charge in [-0.2, -0.15) is 0 Å². The molecule has 2 saturated carbocycles. The quantitative estimate of drug-likeness (QED) is 0.864. The number of fused-ring (bicyclic) bond motifs is 3. The van der Waals surface area contributed by atoms with Gasteiger partial charge in [0.25, 0.3) is 17.7 Å². The maximum Gasteiger partial charge on any atom is 0.261 e. The second kappa shape index (κ2) is 5.72. The second-order valence-corrected chi connectivity index (χ2v) is 7.41. The van der Waals surface area contributed by atoms with Crippen LogP contribution < -0.4 is 5.32 Å². The molecule has 3 aliphatic rings. The predicted octanol–water partition coefficient (Wildman–Crippen LogP) is 2.47. The number of amides is 3. The van der Waals surface area contributed by atoms with E-state index in [0.29, 0.717) is 23.2 Å². The van der Waals surface area contributed by atoms with Gasteiger partial charge in [-0.15, -0.1) is 0 Å². The van der Waals surface area contributed by atoms with Gasteiger partial charge in [0.05, 0.1) is 11.1 Å². The van der Waals surface area contributed by atoms with Crippen molar-refractivity contribution in [2.45, 2.75) is 32.1 Å². The SMILES string of the molecule is CN1C(=O)c2ccc(C(=O)NCCC3CC4CCC3C4)cc2C1=O. The highest BCUT2D eigenvalue weighted by molar-refractivity contribution is 6.21. The Morgan fingerprint density at radius 3 is 2.67 bits per heavy atom. The van der Waals surface area contributed by atoms with Gasteiger partial charge in [0, 0.05) is 19.2 Å². The molecular weight excluding hydrogens is 304 g/mol. The molecule has 1 aromatic rings. The predicted molar refractivity (Wildman–Crippen MR) is 88.8 cm³/mol. The van der Waals surface area contributed by atoms with E-state index in [0.717, 1.165) is 29.1 Å². The fraction of sp³-hybridized carbons (Fsp3) is 0.526. The van der Waals surface area contributed by atoms with E-state index in [1.54, 1.807) is 12.1 Å². The van der Waals surface area contributed by atoms with Gasteiger partial charge in [-0.25, -0.2) is 0 Å². The summed E-state index contributed by atoms with van der Waals surface area (Å²) in [5.41, 5.74) is 1.14. The summed E-state index contributed by atoms with van der Waals surface area (Å²) >= 11 is 0. The smallest absolute Gasteiger partial charge is 0.261 e. The van der Waals surface area contributed by atoms with Crippen molar-refractivity contribution in [1.29, 1.82) is 0 Å². The van der Waals surface area contributed by atoms with E-state index < -0.39 is 0 Å². The molecule has 0 saturated heterocycles. The lowest BCUT2D eigenvalue weighted by molar-refractivity contribution is 0.0693. The molecule has 5 heteroatoms. The molecule has 3 unspecified atom stereocenters. The lowest BCUT2D eigenvalue weighted by Crippen LogP contribution is -2.27. The van der Waals surface area contributed by atoms with Crippen molar-refractivity contribution < 1.29 is 14.4 Å². The van der Waals surface area contributed by atoms with Gasteiger partial charge in [0.1, 0.15) is 0 Å². The first-order valence-electron chi connectivity index (χ1n) is 8.79. The largest absolute Gasteiger partial charge is 0.352 e. The Morgan fingerprint density at radius 1 is 1.17 bits per heavy atom. The summed E-state index contributed by atoms with van der Waals surface area (Å²) in [5.74, 6) is 1.73. The van der Waals surface area contributed by atoms with Gasteiger partial charge >= 0.3 is 0 Å². The lowest BCUT2D eigenvalue weighted by atomic mass is 9.86. The van der Waals surface area contributed by atoms with Crippen molar-refractivity contribution >= 4 is 17.7 Å². The fourth-order valence-electron chi connectivity index (χ4n) is 4.71. The molecule has 1 aliphatic heterocycles. The van der Waals surface area contributed by atoms with E-state index in [1.165, 1.54) is 38.8 Å². The van der Waals surface area contributed by atoms with Crippen LogP contribution in [0.1, 0.15) is 63.2 Å². The molecule has 2 fully saturated rings. The van der Waals surface area contributed by atoms with E-state index in [2.05, 4.69) is 5.32 Å². The first-order chi connectivity index (χ1) is 11.5. The summed E-state index contributed by atoms with van der Waals surface area (Å²) in [6.07, 6.45) is 6.50. The van der Waals surface area contributed by atoms with Crippen LogP contribution in [0.4, 0.5) is 0 Å². The summed E-state index contributed by atoms with van der Waals surface area (Å²) in [5, 5.41) is 2.96. The molecule has 24 heavy (non-hydrogen) atoms. The Morgan fingerprint density at radius 2 is 1.96 bits per heavy atom. The first-order valence-corrected chi connectivity index (χ1v) is 8.79. The minimum atomic E-state index is -0.341. The highest BCUT2D eigenvalue weighted by atomic mass is 16.2. The number of hydrogen-bond acceptors (Lipinski definition) is 3. The third-order valence-corrected chi connectivity index (χ3v) is 6.04. The Hall–Kier alpha value is -2.17. The van der Waals surface area contributed by atoms with Crippen molar-refractivity contribution in [1.82, 2.24) is 10.2 Å². The van der Waals surface area contributed by atoms with E-state index >= 15 is 0 Å². The molecule has 3 atom stereocenters. The Labute approximate surface area is 141 Å². The van der Waals surface area contributed by atoms with Gasteiger partial charge in [0.15, 0.2) is 0 Å². The molecule has 5 nitrogen and oxygen atoms in total. The van der Waals surface area contributed by atoms with Crippen molar-refractivity contribution in [2.24, 2.45) is 17.8 Å². The van der Waals surface area contributed by atoms with Crippen molar-refractivity contribution in [3.05, 3.63) is 34.9 Å². The van der Waals surface area contributed by atoms with Crippen molar-refractivity contribution in [3.8, 4) is 0 Å². The Kier molecular flexibility index (Phi) is 3.66. The van der Waals surface area contributed by atoms with Gasteiger partial charge in [-0.3, -0.25) is 19.3 Å². The molecule has 0 aromatic heterocycles. The van der Waals surface area contributed by atoms with Gasteiger partial charge in [-0.1, -0.05) is 6.42 Å². The summed E-state index contributed by atoms with van der Waals surface area (Å²) in [4.78, 5) is 37.3. The number of hydrogen-bond donors (Lipinski definition) is 1. The zero-order chi connectivity index (χ0) is 16.8. The molecule has 1 aromatic carbocycles. The van der Waals surface area contributed by atoms with Crippen LogP contribution in [0.5, 0.6) is 0 Å². The molecule has 3 amide bonds. The van der Waals surface area contributed by atoms with E-state index in [4.69, 9.17) is 0 Å². The van der Waals surface area contributed by atoms with E-state index in [9.17, 15) is 14.4 Å². The van der Waals surface area contributed by atoms with Crippen LogP contribution in [-0.4, -0.2) is 36.2 Å². The molecule has 2 aliphatic carbocycles. The molecule has 1 N–H and O–H groups in total. The summed E-state index contributed by atoms with van der Waals surface area (Å²) in [6, 6.07) is 4.73. The van der Waals surface area contributed by atoms with Gasteiger partial charge in [0.2, 0.25) is 0 Å². The van der Waals surface area contributed by atoms with Crippen LogP contribution in [0.2, 0.25) is 0 Å². The Balaban J connectivity index is 1.37. The average Bonchev–Trinajstić information content (AvgIpc) is 3.26. The molecule has 0 spiro atoms. The number of nitrogens with one attached hydrogen (secondary N) is 1. The number of carbonyl (C=O) groups excluding carboxylic acids is 3. The number of nitrogens with zero attached hydrogens (tertiary/aromatic N) is 1. The van der Waals surface area contributed by atoms with Crippen molar-refractivity contribution in [3.63, 3.8) is 0 Å². The molecule has 4 rings (SSSR count). The van der Waals surface area contributed by atoms with Crippen LogP contribution in [0.15, 0.2) is 18.2 Å². The van der Waals surface area contributed by atoms with Crippen LogP contribution >= 0.6 is 0 Å². The molecular formula is C19H22N2O3. The van der Waals surface area contributed by atoms with Crippen LogP contribution in [0, 0.1) is 17.8 Å². The number of benzene rings is 1. The highest BCUT2D eigenvalue weighted by Crippen LogP contribution is 2.49. The summed E-state index contributed by atoms with van der Waals surface area (Å²) in [6.45, 7) is 0.677. The van der Waals surface area contributed by atoms with Crippen LogP contribution in [0.3, 0.4) is 0 Å². The first kappa shape index (κ1) is 15.4. The van der Waals surface area contributed by atoms with Gasteiger partial charge in [-0.05, 0) is 61.6 Å². The van der Waals surface area contributed by atoms with E-state index in [-0.39, 0.29) is 17.7 Å². The molecule has 2 bridgehead atoms. The minimum Gasteiger partial charge on any atom is -0.352 e. The van der Waals surface area contributed by atoms with Crippen LogP contribution in [0.25, 0.3) is 0 Å². The third kappa shape index (κ3) is 2.43. The maximum atomic E-state index is 12.3. The number of imide groups is 1. The topological polar surface area (TPSA) is 66.5 Å². The fourth-order valence-corrected chi connectivity index (χ4v) is 4.71. The number of rotatable bonds is 4. The van der Waals surface area contributed by atoms with Crippen LogP contribution in [-0.2, 0) is 0 Å². The average molecular weight is 326 g/mol.